The molecule has 5 heteroatoms. The molecule has 0 bridgehead atoms. The zero-order valence-corrected chi connectivity index (χ0v) is 15.7. The van der Waals surface area contributed by atoms with E-state index >= 15 is 0 Å². The lowest BCUT2D eigenvalue weighted by Gasteiger charge is -2.15. The van der Waals surface area contributed by atoms with Crippen LogP contribution in [0.15, 0.2) is 47.8 Å². The number of hydrogen-bond donors (Lipinski definition) is 2. The van der Waals surface area contributed by atoms with Gasteiger partial charge in [-0.3, -0.25) is 4.79 Å². The Bertz CT molecular complexity index is 824. The number of methoxy groups -OCH3 is 1. The van der Waals surface area contributed by atoms with Crippen molar-refractivity contribution >= 4 is 17.5 Å². The Morgan fingerprint density at radius 2 is 1.96 bits per heavy atom. The van der Waals surface area contributed by atoms with Gasteiger partial charge in [-0.1, -0.05) is 29.8 Å². The average Bonchev–Trinajstić information content (AvgIpc) is 2.58. The first-order chi connectivity index (χ1) is 11.8. The highest BCUT2D eigenvalue weighted by Crippen LogP contribution is 2.32. The van der Waals surface area contributed by atoms with E-state index in [1.807, 2.05) is 57.2 Å². The quantitative estimate of drug-likeness (QED) is 0.842. The minimum Gasteiger partial charge on any atom is -0.497 e. The summed E-state index contributed by atoms with van der Waals surface area (Å²) in [4.78, 5) is 12.3. The Kier molecular flexibility index (Phi) is 6.10. The molecule has 132 valence electrons. The predicted molar refractivity (Wildman–Crippen MR) is 103 cm³/mol. The lowest BCUT2D eigenvalue weighted by molar-refractivity contribution is -0.119. The first-order valence-corrected chi connectivity index (χ1v) is 8.36. The van der Waals surface area contributed by atoms with Gasteiger partial charge in [0.2, 0.25) is 5.91 Å². The maximum atomic E-state index is 12.3. The van der Waals surface area contributed by atoms with Crippen LogP contribution in [0.1, 0.15) is 25.0 Å². The summed E-state index contributed by atoms with van der Waals surface area (Å²) in [6, 6.07) is 11.6. The topological polar surface area (TPSA) is 64.3 Å². The van der Waals surface area contributed by atoms with Gasteiger partial charge in [-0.05, 0) is 66.8 Å². The number of nitrogens with two attached hydrogens (primary N) is 1. The summed E-state index contributed by atoms with van der Waals surface area (Å²) in [7, 11) is 1.64. The van der Waals surface area contributed by atoms with Crippen molar-refractivity contribution in [3.63, 3.8) is 0 Å². The molecule has 1 amide bonds. The SMILES string of the molecule is COc1cccc(-c2ccc(Cl)c(CC(=O)NC(N)=C(C)C)c2C)c1. The van der Waals surface area contributed by atoms with Crippen molar-refractivity contribution in [2.45, 2.75) is 27.2 Å². The summed E-state index contributed by atoms with van der Waals surface area (Å²) in [6.45, 7) is 5.65. The van der Waals surface area contributed by atoms with Crippen LogP contribution in [-0.2, 0) is 11.2 Å². The van der Waals surface area contributed by atoms with Crippen LogP contribution in [0.4, 0.5) is 0 Å². The smallest absolute Gasteiger partial charge is 0.229 e. The molecule has 4 nitrogen and oxygen atoms in total. The first kappa shape index (κ1) is 18.9. The van der Waals surface area contributed by atoms with Crippen molar-refractivity contribution in [1.82, 2.24) is 5.32 Å². The number of allylic oxidation sites excluding steroid dienone is 1. The minimum atomic E-state index is -0.188. The monoisotopic (exact) mass is 358 g/mol. The molecule has 0 aliphatic rings. The summed E-state index contributed by atoms with van der Waals surface area (Å²) in [5, 5.41) is 3.26. The van der Waals surface area contributed by atoms with Crippen LogP contribution in [0.3, 0.4) is 0 Å². The summed E-state index contributed by atoms with van der Waals surface area (Å²) in [5.41, 5.74) is 10.4. The van der Waals surface area contributed by atoms with E-state index in [0.717, 1.165) is 33.6 Å². The molecule has 3 N–H and O–H groups in total. The lowest BCUT2D eigenvalue weighted by Crippen LogP contribution is -2.29. The molecule has 2 aromatic rings. The maximum absolute atomic E-state index is 12.3. The molecule has 0 spiro atoms. The molecule has 0 aliphatic carbocycles. The van der Waals surface area contributed by atoms with Gasteiger partial charge in [-0.2, -0.15) is 0 Å². The van der Waals surface area contributed by atoms with Gasteiger partial charge in [0.15, 0.2) is 0 Å². The Morgan fingerprint density at radius 3 is 2.60 bits per heavy atom. The van der Waals surface area contributed by atoms with Crippen molar-refractivity contribution in [2.24, 2.45) is 5.73 Å². The molecule has 2 rings (SSSR count). The lowest BCUT2D eigenvalue weighted by atomic mass is 9.94. The second-order valence-electron chi connectivity index (χ2n) is 6.07. The molecule has 25 heavy (non-hydrogen) atoms. The van der Waals surface area contributed by atoms with Gasteiger partial charge in [0.1, 0.15) is 11.6 Å². The van der Waals surface area contributed by atoms with Crippen molar-refractivity contribution in [3.05, 3.63) is 63.9 Å². The Hall–Kier alpha value is -2.46. The van der Waals surface area contributed by atoms with Crippen LogP contribution in [0.5, 0.6) is 5.75 Å². The van der Waals surface area contributed by atoms with Gasteiger partial charge in [0, 0.05) is 5.02 Å². The summed E-state index contributed by atoms with van der Waals surface area (Å²) in [5.74, 6) is 0.969. The third-order valence-electron chi connectivity index (χ3n) is 4.07. The predicted octanol–water partition coefficient (Wildman–Crippen LogP) is 4.19. The normalized spacial score (nSPS) is 10.3. The number of amides is 1. The van der Waals surface area contributed by atoms with Gasteiger partial charge in [-0.25, -0.2) is 0 Å². The molecule has 0 unspecified atom stereocenters. The van der Waals surface area contributed by atoms with E-state index in [1.165, 1.54) is 0 Å². The van der Waals surface area contributed by atoms with E-state index in [9.17, 15) is 4.79 Å². The number of halogens is 1. The minimum absolute atomic E-state index is 0.163. The fourth-order valence-corrected chi connectivity index (χ4v) is 2.80. The third-order valence-corrected chi connectivity index (χ3v) is 4.43. The van der Waals surface area contributed by atoms with Crippen molar-refractivity contribution in [1.29, 1.82) is 0 Å². The molecule has 0 aliphatic heterocycles. The fraction of sp³-hybridized carbons (Fsp3) is 0.250. The highest BCUT2D eigenvalue weighted by molar-refractivity contribution is 6.31. The van der Waals surface area contributed by atoms with Crippen molar-refractivity contribution in [2.75, 3.05) is 7.11 Å². The second-order valence-corrected chi connectivity index (χ2v) is 6.48. The van der Waals surface area contributed by atoms with E-state index < -0.39 is 0 Å². The summed E-state index contributed by atoms with van der Waals surface area (Å²) < 4.78 is 5.29. The van der Waals surface area contributed by atoms with E-state index in [2.05, 4.69) is 5.32 Å². The van der Waals surface area contributed by atoms with Gasteiger partial charge < -0.3 is 15.8 Å². The highest BCUT2D eigenvalue weighted by atomic mass is 35.5. The largest absolute Gasteiger partial charge is 0.497 e. The number of carbonyl (C=O) groups excluding carboxylic acids is 1. The first-order valence-electron chi connectivity index (χ1n) is 7.98. The number of benzene rings is 2. The van der Waals surface area contributed by atoms with Crippen LogP contribution < -0.4 is 15.8 Å². The summed E-state index contributed by atoms with van der Waals surface area (Å²) in [6.07, 6.45) is 0.163. The van der Waals surface area contributed by atoms with Gasteiger partial charge in [0.05, 0.1) is 13.5 Å². The molecule has 2 aromatic carbocycles. The van der Waals surface area contributed by atoms with E-state index in [4.69, 9.17) is 22.1 Å². The number of nitrogens with one attached hydrogen (secondary N) is 1. The third kappa shape index (κ3) is 4.54. The molecule has 0 fully saturated rings. The summed E-state index contributed by atoms with van der Waals surface area (Å²) >= 11 is 6.34. The molecule has 0 saturated heterocycles. The zero-order valence-electron chi connectivity index (χ0n) is 14.9. The van der Waals surface area contributed by atoms with Crippen LogP contribution in [0.25, 0.3) is 11.1 Å². The van der Waals surface area contributed by atoms with E-state index in [0.29, 0.717) is 10.8 Å². The Balaban J connectivity index is 2.37. The van der Waals surface area contributed by atoms with Crippen LogP contribution in [0, 0.1) is 6.92 Å². The molecule has 0 aromatic heterocycles. The van der Waals surface area contributed by atoms with Gasteiger partial charge >= 0.3 is 0 Å². The van der Waals surface area contributed by atoms with Crippen molar-refractivity contribution < 1.29 is 9.53 Å². The number of ether oxygens (including phenoxy) is 1. The average molecular weight is 359 g/mol. The number of carbonyl (C=O) groups is 1. The number of hydrogen-bond acceptors (Lipinski definition) is 3. The van der Waals surface area contributed by atoms with Crippen LogP contribution in [0.2, 0.25) is 5.02 Å². The van der Waals surface area contributed by atoms with Gasteiger partial charge in [-0.15, -0.1) is 0 Å². The highest BCUT2D eigenvalue weighted by Gasteiger charge is 2.14. The standard InChI is InChI=1S/C20H23ClN2O2/c1-12(2)20(22)23-19(24)11-17-13(3)16(8-9-18(17)21)14-6-5-7-15(10-14)25-4/h5-10H,11,22H2,1-4H3,(H,23,24). The van der Waals surface area contributed by atoms with Crippen molar-refractivity contribution in [3.8, 4) is 16.9 Å². The molecule has 0 heterocycles. The van der Waals surface area contributed by atoms with E-state index in [-0.39, 0.29) is 12.3 Å². The zero-order chi connectivity index (χ0) is 18.6. The van der Waals surface area contributed by atoms with Crippen LogP contribution >= 0.6 is 11.6 Å². The molecule has 0 radical (unpaired) electrons. The molecule has 0 saturated carbocycles. The van der Waals surface area contributed by atoms with Crippen LogP contribution in [-0.4, -0.2) is 13.0 Å². The fourth-order valence-electron chi connectivity index (χ4n) is 2.52. The molecular formula is C20H23ClN2O2. The number of rotatable bonds is 5. The maximum Gasteiger partial charge on any atom is 0.229 e. The molecule has 0 atom stereocenters. The van der Waals surface area contributed by atoms with Gasteiger partial charge in [0.25, 0.3) is 0 Å². The molecular weight excluding hydrogens is 336 g/mol. The second kappa shape index (κ2) is 8.08. The van der Waals surface area contributed by atoms with E-state index in [1.54, 1.807) is 7.11 Å². The Morgan fingerprint density at radius 1 is 1.24 bits per heavy atom. The Labute approximate surface area is 153 Å².